The second kappa shape index (κ2) is 5.06. The Labute approximate surface area is 125 Å². The molecule has 1 unspecified atom stereocenters. The highest BCUT2D eigenvalue weighted by molar-refractivity contribution is 5.63. The first-order valence-corrected chi connectivity index (χ1v) is 7.40. The van der Waals surface area contributed by atoms with Crippen molar-refractivity contribution in [2.75, 3.05) is 25.2 Å². The number of piperidine rings is 1. The van der Waals surface area contributed by atoms with Crippen LogP contribution in [0.2, 0.25) is 0 Å². The summed E-state index contributed by atoms with van der Waals surface area (Å²) in [5.41, 5.74) is 0.680. The van der Waals surface area contributed by atoms with Gasteiger partial charge in [-0.2, -0.15) is 10.5 Å². The predicted molar refractivity (Wildman–Crippen MR) is 79.6 cm³/mol. The average molecular weight is 281 g/mol. The van der Waals surface area contributed by atoms with Crippen molar-refractivity contribution in [3.05, 3.63) is 29.8 Å². The second-order valence-corrected chi connectivity index (χ2v) is 6.01. The molecule has 108 valence electrons. The van der Waals surface area contributed by atoms with Crippen molar-refractivity contribution in [1.82, 2.24) is 0 Å². The summed E-state index contributed by atoms with van der Waals surface area (Å²) < 4.78 is 5.47. The van der Waals surface area contributed by atoms with Crippen LogP contribution in [0.25, 0.3) is 0 Å². The molecule has 0 saturated carbocycles. The minimum atomic E-state index is -1.04. The number of rotatable bonds is 2. The zero-order valence-electron chi connectivity index (χ0n) is 12.3. The maximum atomic E-state index is 9.84. The third-order valence-electron chi connectivity index (χ3n) is 5.04. The van der Waals surface area contributed by atoms with E-state index in [1.807, 2.05) is 18.2 Å². The number of hydrogen-bond acceptors (Lipinski definition) is 4. The summed E-state index contributed by atoms with van der Waals surface area (Å²) >= 11 is 0. The lowest BCUT2D eigenvalue weighted by atomic mass is 9.61. The smallest absolute Gasteiger partial charge is 0.173 e. The molecule has 1 aromatic rings. The molecule has 21 heavy (non-hydrogen) atoms. The highest BCUT2D eigenvalue weighted by Gasteiger charge is 2.60. The van der Waals surface area contributed by atoms with Crippen molar-refractivity contribution >= 4 is 5.69 Å². The number of hydrogen-bond donors (Lipinski definition) is 0. The van der Waals surface area contributed by atoms with Crippen LogP contribution in [0.15, 0.2) is 24.3 Å². The number of fused-ring (bicyclic) bond motifs is 3. The van der Waals surface area contributed by atoms with Gasteiger partial charge >= 0.3 is 0 Å². The minimum absolute atomic E-state index is 0.419. The van der Waals surface area contributed by atoms with Gasteiger partial charge in [0, 0.05) is 25.8 Å². The lowest BCUT2D eigenvalue weighted by Gasteiger charge is -2.57. The number of benzene rings is 1. The van der Waals surface area contributed by atoms with Gasteiger partial charge in [0.05, 0.1) is 24.3 Å². The van der Waals surface area contributed by atoms with Crippen LogP contribution < -0.4 is 4.90 Å². The summed E-state index contributed by atoms with van der Waals surface area (Å²) in [4.78, 5) is 2.27. The van der Waals surface area contributed by atoms with Crippen molar-refractivity contribution < 1.29 is 4.74 Å². The van der Waals surface area contributed by atoms with Gasteiger partial charge in [-0.15, -0.1) is 0 Å². The molecule has 1 aromatic carbocycles. The molecule has 0 spiro atoms. The van der Waals surface area contributed by atoms with Crippen LogP contribution in [0, 0.1) is 28.1 Å². The molecule has 4 nitrogen and oxygen atoms in total. The van der Waals surface area contributed by atoms with Crippen LogP contribution in [-0.4, -0.2) is 25.8 Å². The fraction of sp³-hybridized carbons (Fsp3) is 0.529. The topological polar surface area (TPSA) is 60.0 Å². The van der Waals surface area contributed by atoms with E-state index in [-0.39, 0.29) is 0 Å². The van der Waals surface area contributed by atoms with Crippen LogP contribution in [0.3, 0.4) is 0 Å². The summed E-state index contributed by atoms with van der Waals surface area (Å²) in [6.07, 6.45) is 3.44. The molecule has 2 aliphatic rings. The van der Waals surface area contributed by atoms with Gasteiger partial charge in [-0.05, 0) is 30.9 Å². The van der Waals surface area contributed by atoms with E-state index < -0.39 is 11.0 Å². The molecule has 0 amide bonds. The molecule has 3 rings (SSSR count). The molecule has 2 aliphatic heterocycles. The standard InChI is InChI=1S/C17H19N3O/c1-21-13-17-8-4-5-9-20(17)15-7-3-2-6-14(15)10-16(17,11-18)12-19/h2-3,6-7H,4-5,8-10,13H2,1H3. The Morgan fingerprint density at radius 3 is 2.71 bits per heavy atom. The number of para-hydroxylation sites is 1. The minimum Gasteiger partial charge on any atom is -0.382 e. The lowest BCUT2D eigenvalue weighted by Crippen LogP contribution is -2.67. The van der Waals surface area contributed by atoms with Crippen LogP contribution in [0.1, 0.15) is 24.8 Å². The van der Waals surface area contributed by atoms with E-state index in [0.717, 1.165) is 37.1 Å². The number of nitriles is 2. The Morgan fingerprint density at radius 1 is 1.24 bits per heavy atom. The van der Waals surface area contributed by atoms with Gasteiger partial charge in [0.25, 0.3) is 0 Å². The zero-order valence-corrected chi connectivity index (χ0v) is 12.3. The monoisotopic (exact) mass is 281 g/mol. The SMILES string of the molecule is COCC12CCCCN1c1ccccc1CC2(C#N)C#N. The number of ether oxygens (including phenoxy) is 1. The quantitative estimate of drug-likeness (QED) is 0.836. The van der Waals surface area contributed by atoms with Gasteiger partial charge in [0.1, 0.15) is 0 Å². The molecule has 4 heteroatoms. The number of methoxy groups -OCH3 is 1. The maximum absolute atomic E-state index is 9.84. The van der Waals surface area contributed by atoms with Crippen molar-refractivity contribution in [2.24, 2.45) is 5.41 Å². The van der Waals surface area contributed by atoms with E-state index in [1.54, 1.807) is 7.11 Å². The molecular formula is C17H19N3O. The third-order valence-corrected chi connectivity index (χ3v) is 5.04. The molecule has 1 saturated heterocycles. The second-order valence-electron chi connectivity index (χ2n) is 6.01. The van der Waals surface area contributed by atoms with E-state index in [9.17, 15) is 10.5 Å². The molecular weight excluding hydrogens is 262 g/mol. The molecule has 0 N–H and O–H groups in total. The maximum Gasteiger partial charge on any atom is 0.173 e. The Kier molecular flexibility index (Phi) is 3.35. The summed E-state index contributed by atoms with van der Waals surface area (Å²) in [5.74, 6) is 0. The highest BCUT2D eigenvalue weighted by Crippen LogP contribution is 2.51. The molecule has 0 aliphatic carbocycles. The van der Waals surface area contributed by atoms with Gasteiger partial charge in [-0.1, -0.05) is 18.2 Å². The lowest BCUT2D eigenvalue weighted by molar-refractivity contribution is 0.0576. The van der Waals surface area contributed by atoms with Crippen LogP contribution >= 0.6 is 0 Å². The zero-order chi connectivity index (χ0) is 14.9. The molecule has 2 heterocycles. The molecule has 1 fully saturated rings. The predicted octanol–water partition coefficient (Wildman–Crippen LogP) is 2.65. The van der Waals surface area contributed by atoms with Crippen molar-refractivity contribution in [3.63, 3.8) is 0 Å². The van der Waals surface area contributed by atoms with E-state index in [4.69, 9.17) is 4.74 Å². The Balaban J connectivity index is 2.24. The first-order valence-electron chi connectivity index (χ1n) is 7.40. The van der Waals surface area contributed by atoms with Crippen LogP contribution in [-0.2, 0) is 11.2 Å². The molecule has 0 radical (unpaired) electrons. The number of anilines is 1. The first kappa shape index (κ1) is 13.9. The largest absolute Gasteiger partial charge is 0.382 e. The van der Waals surface area contributed by atoms with Gasteiger partial charge in [-0.25, -0.2) is 0 Å². The van der Waals surface area contributed by atoms with Gasteiger partial charge in [0.2, 0.25) is 0 Å². The summed E-state index contributed by atoms with van der Waals surface area (Å²) in [6, 6.07) is 12.8. The fourth-order valence-corrected chi connectivity index (χ4v) is 4.03. The Hall–Kier alpha value is -2.04. The average Bonchev–Trinajstić information content (AvgIpc) is 2.54. The van der Waals surface area contributed by atoms with Gasteiger partial charge < -0.3 is 9.64 Å². The van der Waals surface area contributed by atoms with E-state index in [1.165, 1.54) is 0 Å². The normalized spacial score (nSPS) is 26.1. The molecule has 1 atom stereocenters. The Morgan fingerprint density at radius 2 is 2.00 bits per heavy atom. The van der Waals surface area contributed by atoms with E-state index >= 15 is 0 Å². The molecule has 0 aromatic heterocycles. The van der Waals surface area contributed by atoms with Crippen molar-refractivity contribution in [3.8, 4) is 12.1 Å². The highest BCUT2D eigenvalue weighted by atomic mass is 16.5. The first-order chi connectivity index (χ1) is 10.2. The fourth-order valence-electron chi connectivity index (χ4n) is 4.03. The van der Waals surface area contributed by atoms with Crippen LogP contribution in [0.4, 0.5) is 5.69 Å². The van der Waals surface area contributed by atoms with Crippen LogP contribution in [0.5, 0.6) is 0 Å². The van der Waals surface area contributed by atoms with E-state index in [2.05, 4.69) is 23.1 Å². The summed E-state index contributed by atoms with van der Waals surface area (Å²) in [6.45, 7) is 1.30. The number of nitrogens with zero attached hydrogens (tertiary/aromatic N) is 3. The van der Waals surface area contributed by atoms with Gasteiger partial charge in [-0.3, -0.25) is 0 Å². The van der Waals surface area contributed by atoms with E-state index in [0.29, 0.717) is 13.0 Å². The summed E-state index contributed by atoms with van der Waals surface area (Å²) in [5, 5.41) is 19.7. The van der Waals surface area contributed by atoms with Crippen molar-refractivity contribution in [1.29, 1.82) is 10.5 Å². The molecule has 0 bridgehead atoms. The summed E-state index contributed by atoms with van der Waals surface area (Å²) in [7, 11) is 1.65. The third kappa shape index (κ3) is 1.76. The van der Waals surface area contributed by atoms with Crippen molar-refractivity contribution in [2.45, 2.75) is 31.2 Å². The Bertz CT molecular complexity index is 610. The van der Waals surface area contributed by atoms with Gasteiger partial charge in [0.15, 0.2) is 5.41 Å².